The molecule has 0 atom stereocenters. The summed E-state index contributed by atoms with van der Waals surface area (Å²) in [6, 6.07) is 0. The van der Waals surface area contributed by atoms with Crippen LogP contribution >= 0.6 is 12.6 Å². The second-order valence-corrected chi connectivity index (χ2v) is 1.80. The molecule has 0 saturated heterocycles. The van der Waals surface area contributed by atoms with Crippen LogP contribution in [0, 0.1) is 0 Å². The quantitative estimate of drug-likeness (QED) is 0.339. The lowest BCUT2D eigenvalue weighted by molar-refractivity contribution is -0.107. The van der Waals surface area contributed by atoms with Crippen LogP contribution in [0.15, 0.2) is 24.3 Å². The monoisotopic (exact) mass is 128 g/mol. The van der Waals surface area contributed by atoms with Gasteiger partial charge in [-0.05, 0) is 6.92 Å². The lowest BCUT2D eigenvalue weighted by Crippen LogP contribution is -1.84. The molecule has 1 nitrogen and oxygen atoms in total. The highest BCUT2D eigenvalue weighted by Crippen LogP contribution is 1.96. The molecule has 0 aromatic carbocycles. The van der Waals surface area contributed by atoms with Gasteiger partial charge in [0.15, 0.2) is 0 Å². The van der Waals surface area contributed by atoms with E-state index in [2.05, 4.69) is 19.2 Å². The summed E-state index contributed by atoms with van der Waals surface area (Å²) in [6.45, 7) is 5.11. The van der Waals surface area contributed by atoms with Gasteiger partial charge >= 0.3 is 0 Å². The highest BCUT2D eigenvalue weighted by molar-refractivity contribution is 7.97. The Morgan fingerprint density at radius 1 is 1.75 bits per heavy atom. The molecule has 0 heterocycles. The van der Waals surface area contributed by atoms with E-state index in [1.807, 2.05) is 0 Å². The number of allylic oxidation sites excluding steroid dienone is 2. The van der Waals surface area contributed by atoms with Crippen molar-refractivity contribution in [3.05, 3.63) is 24.3 Å². The van der Waals surface area contributed by atoms with Gasteiger partial charge in [-0.15, -0.1) is 12.6 Å². The molecule has 0 spiro atoms. The molecular weight excluding hydrogens is 120 g/mol. The van der Waals surface area contributed by atoms with Crippen LogP contribution in [0.5, 0.6) is 0 Å². The SMILES string of the molecule is C=C/C=C(\C)C(=O)S. The van der Waals surface area contributed by atoms with Gasteiger partial charge in [0.25, 0.3) is 0 Å². The lowest BCUT2D eigenvalue weighted by atomic mass is 10.3. The van der Waals surface area contributed by atoms with Crippen molar-refractivity contribution in [2.24, 2.45) is 0 Å². The second kappa shape index (κ2) is 3.50. The van der Waals surface area contributed by atoms with Crippen LogP contribution in [0.4, 0.5) is 0 Å². The summed E-state index contributed by atoms with van der Waals surface area (Å²) in [5.41, 5.74) is 0.614. The number of hydrogen-bond donors (Lipinski definition) is 1. The molecule has 0 amide bonds. The Morgan fingerprint density at radius 3 is 2.38 bits per heavy atom. The maximum atomic E-state index is 10.3. The number of rotatable bonds is 2. The van der Waals surface area contributed by atoms with Crippen molar-refractivity contribution < 1.29 is 4.79 Å². The predicted molar refractivity (Wildman–Crippen MR) is 37.9 cm³/mol. The molecule has 0 aromatic rings. The van der Waals surface area contributed by atoms with Crippen LogP contribution in [0.25, 0.3) is 0 Å². The van der Waals surface area contributed by atoms with Crippen molar-refractivity contribution in [1.82, 2.24) is 0 Å². The van der Waals surface area contributed by atoms with Gasteiger partial charge in [-0.2, -0.15) is 0 Å². The largest absolute Gasteiger partial charge is 0.282 e. The van der Waals surface area contributed by atoms with E-state index >= 15 is 0 Å². The molecule has 0 aliphatic rings. The van der Waals surface area contributed by atoms with Crippen LogP contribution < -0.4 is 0 Å². The molecule has 0 rings (SSSR count). The maximum Gasteiger partial charge on any atom is 0.212 e. The van der Waals surface area contributed by atoms with Crippen LogP contribution in [0.2, 0.25) is 0 Å². The normalized spacial score (nSPS) is 11.0. The molecule has 0 fully saturated rings. The van der Waals surface area contributed by atoms with E-state index in [0.717, 1.165) is 0 Å². The molecule has 0 aliphatic heterocycles. The minimum atomic E-state index is -0.204. The number of carbonyl (C=O) groups excluding carboxylic acids is 1. The molecule has 0 unspecified atom stereocenters. The van der Waals surface area contributed by atoms with Gasteiger partial charge in [0.1, 0.15) is 0 Å². The summed E-state index contributed by atoms with van der Waals surface area (Å²) in [7, 11) is 0. The van der Waals surface area contributed by atoms with E-state index in [0.29, 0.717) is 5.57 Å². The van der Waals surface area contributed by atoms with Gasteiger partial charge in [-0.3, -0.25) is 4.79 Å². The Labute approximate surface area is 54.5 Å². The minimum absolute atomic E-state index is 0.204. The lowest BCUT2D eigenvalue weighted by Gasteiger charge is -1.85. The third-order valence-electron chi connectivity index (χ3n) is 0.705. The Kier molecular flexibility index (Phi) is 3.28. The molecule has 0 aliphatic carbocycles. The predicted octanol–water partition coefficient (Wildman–Crippen LogP) is 1.58. The highest BCUT2D eigenvalue weighted by Gasteiger charge is 1.91. The molecule has 0 radical (unpaired) electrons. The van der Waals surface area contributed by atoms with Crippen molar-refractivity contribution in [2.75, 3.05) is 0 Å². The zero-order valence-corrected chi connectivity index (χ0v) is 5.61. The van der Waals surface area contributed by atoms with Crippen molar-refractivity contribution in [2.45, 2.75) is 6.92 Å². The van der Waals surface area contributed by atoms with E-state index in [4.69, 9.17) is 0 Å². The molecular formula is C6H8OS. The highest BCUT2D eigenvalue weighted by atomic mass is 32.1. The van der Waals surface area contributed by atoms with E-state index in [1.165, 1.54) is 0 Å². The van der Waals surface area contributed by atoms with Crippen molar-refractivity contribution in [3.8, 4) is 0 Å². The van der Waals surface area contributed by atoms with Gasteiger partial charge in [-0.25, -0.2) is 0 Å². The Morgan fingerprint density at radius 2 is 2.25 bits per heavy atom. The van der Waals surface area contributed by atoms with Gasteiger partial charge in [0, 0.05) is 5.57 Å². The van der Waals surface area contributed by atoms with Crippen LogP contribution in [-0.4, -0.2) is 5.12 Å². The molecule has 0 saturated carbocycles. The first-order valence-electron chi connectivity index (χ1n) is 2.21. The molecule has 44 valence electrons. The van der Waals surface area contributed by atoms with Crippen molar-refractivity contribution >= 4 is 17.7 Å². The fourth-order valence-electron chi connectivity index (χ4n) is 0.248. The maximum absolute atomic E-state index is 10.3. The Hall–Kier alpha value is -0.500. The third kappa shape index (κ3) is 2.64. The molecule has 0 N–H and O–H groups in total. The summed E-state index contributed by atoms with van der Waals surface area (Å²) in [6.07, 6.45) is 3.18. The van der Waals surface area contributed by atoms with Crippen molar-refractivity contribution in [3.63, 3.8) is 0 Å². The molecule has 0 bridgehead atoms. The average Bonchev–Trinajstić information content (AvgIpc) is 1.67. The first kappa shape index (κ1) is 7.50. The zero-order valence-electron chi connectivity index (χ0n) is 4.72. The summed E-state index contributed by atoms with van der Waals surface area (Å²) < 4.78 is 0. The first-order valence-corrected chi connectivity index (χ1v) is 2.66. The van der Waals surface area contributed by atoms with Crippen LogP contribution in [0.3, 0.4) is 0 Å². The Bertz CT molecular complexity index is 135. The average molecular weight is 128 g/mol. The van der Waals surface area contributed by atoms with Crippen LogP contribution in [0.1, 0.15) is 6.92 Å². The second-order valence-electron chi connectivity index (χ2n) is 1.39. The minimum Gasteiger partial charge on any atom is -0.282 e. The van der Waals surface area contributed by atoms with Crippen molar-refractivity contribution in [1.29, 1.82) is 0 Å². The zero-order chi connectivity index (χ0) is 6.57. The first-order chi connectivity index (χ1) is 3.68. The molecule has 0 aromatic heterocycles. The number of carbonyl (C=O) groups is 1. The van der Waals surface area contributed by atoms with Gasteiger partial charge < -0.3 is 0 Å². The third-order valence-corrected chi connectivity index (χ3v) is 1.06. The number of thiol groups is 1. The summed E-state index contributed by atoms with van der Waals surface area (Å²) in [5.74, 6) is 0. The number of hydrogen-bond acceptors (Lipinski definition) is 1. The summed E-state index contributed by atoms with van der Waals surface area (Å²) in [4.78, 5) is 10.3. The topological polar surface area (TPSA) is 17.1 Å². The fourth-order valence-corrected chi connectivity index (χ4v) is 0.323. The fraction of sp³-hybridized carbons (Fsp3) is 0.167. The standard InChI is InChI=1S/C6H8OS/c1-3-4-5(2)6(7)8/h3-4H,1H2,2H3,(H,7,8)/b5-4+. The Balaban J connectivity index is 3.99. The van der Waals surface area contributed by atoms with Crippen LogP contribution in [-0.2, 0) is 4.79 Å². The van der Waals surface area contributed by atoms with E-state index in [9.17, 15) is 4.79 Å². The van der Waals surface area contributed by atoms with E-state index < -0.39 is 0 Å². The van der Waals surface area contributed by atoms with E-state index in [-0.39, 0.29) is 5.12 Å². The van der Waals surface area contributed by atoms with Gasteiger partial charge in [-0.1, -0.05) is 18.7 Å². The molecule has 8 heavy (non-hydrogen) atoms. The summed E-state index contributed by atoms with van der Waals surface area (Å²) >= 11 is 3.57. The van der Waals surface area contributed by atoms with Gasteiger partial charge in [0.2, 0.25) is 5.12 Å². The summed E-state index contributed by atoms with van der Waals surface area (Å²) in [5, 5.41) is -0.204. The smallest absolute Gasteiger partial charge is 0.212 e. The molecule has 2 heteroatoms. The van der Waals surface area contributed by atoms with Gasteiger partial charge in [0.05, 0.1) is 0 Å². The van der Waals surface area contributed by atoms with E-state index in [1.54, 1.807) is 19.1 Å².